The van der Waals surface area contributed by atoms with Crippen LogP contribution in [0.25, 0.3) is 10.6 Å². The summed E-state index contributed by atoms with van der Waals surface area (Å²) in [5.74, 6) is -0.872. The van der Waals surface area contributed by atoms with Gasteiger partial charge in [-0.05, 0) is 31.2 Å². The summed E-state index contributed by atoms with van der Waals surface area (Å²) in [6, 6.07) is 11.1. The van der Waals surface area contributed by atoms with E-state index in [2.05, 4.69) is 15.3 Å². The van der Waals surface area contributed by atoms with Gasteiger partial charge in [0.25, 0.3) is 5.91 Å². The molecule has 3 aromatic rings. The van der Waals surface area contributed by atoms with Gasteiger partial charge in [0.15, 0.2) is 6.61 Å². The first-order valence-corrected chi connectivity index (χ1v) is 8.85. The number of ether oxygens (including phenoxy) is 1. The summed E-state index contributed by atoms with van der Waals surface area (Å²) in [6.07, 6.45) is 3.43. The fourth-order valence-electron chi connectivity index (χ4n) is 2.19. The SMILES string of the molecule is Cc1ccc(NC(=O)COC(=O)Cc2csc(-c3cccnc3)n2)cc1. The molecule has 0 aliphatic rings. The van der Waals surface area contributed by atoms with E-state index < -0.39 is 5.97 Å². The lowest BCUT2D eigenvalue weighted by Crippen LogP contribution is -2.21. The number of carbonyl (C=O) groups excluding carboxylic acids is 2. The van der Waals surface area contributed by atoms with Crippen LogP contribution in [0.4, 0.5) is 5.69 Å². The van der Waals surface area contributed by atoms with Gasteiger partial charge >= 0.3 is 5.97 Å². The molecule has 2 aromatic heterocycles. The first-order chi connectivity index (χ1) is 12.6. The zero-order chi connectivity index (χ0) is 18.4. The molecule has 7 heteroatoms. The molecule has 1 amide bonds. The quantitative estimate of drug-likeness (QED) is 0.677. The normalized spacial score (nSPS) is 10.3. The first-order valence-electron chi connectivity index (χ1n) is 7.97. The molecule has 6 nitrogen and oxygen atoms in total. The molecule has 132 valence electrons. The highest BCUT2D eigenvalue weighted by Gasteiger charge is 2.12. The number of nitrogens with zero attached hydrogens (tertiary/aromatic N) is 2. The lowest BCUT2D eigenvalue weighted by atomic mass is 10.2. The Hall–Kier alpha value is -3.06. The lowest BCUT2D eigenvalue weighted by Gasteiger charge is -2.06. The van der Waals surface area contributed by atoms with Crippen molar-refractivity contribution < 1.29 is 14.3 Å². The molecule has 0 saturated heterocycles. The number of esters is 1. The van der Waals surface area contributed by atoms with E-state index in [1.807, 2.05) is 31.2 Å². The van der Waals surface area contributed by atoms with Crippen molar-refractivity contribution in [1.82, 2.24) is 9.97 Å². The summed E-state index contributed by atoms with van der Waals surface area (Å²) >= 11 is 1.43. The Morgan fingerprint density at radius 1 is 1.19 bits per heavy atom. The second-order valence-electron chi connectivity index (χ2n) is 5.64. The minimum absolute atomic E-state index is 0.0224. The molecular formula is C19H17N3O3S. The zero-order valence-corrected chi connectivity index (χ0v) is 15.0. The summed E-state index contributed by atoms with van der Waals surface area (Å²) in [6.45, 7) is 1.64. The Morgan fingerprint density at radius 3 is 2.73 bits per heavy atom. The maximum absolute atomic E-state index is 11.9. The predicted molar refractivity (Wildman–Crippen MR) is 99.8 cm³/mol. The van der Waals surface area contributed by atoms with Gasteiger partial charge in [-0.2, -0.15) is 0 Å². The van der Waals surface area contributed by atoms with E-state index >= 15 is 0 Å². The van der Waals surface area contributed by atoms with Crippen LogP contribution in [0.15, 0.2) is 54.2 Å². The Labute approximate surface area is 154 Å². The van der Waals surface area contributed by atoms with E-state index in [-0.39, 0.29) is 18.9 Å². The molecule has 0 spiro atoms. The summed E-state index contributed by atoms with van der Waals surface area (Å²) in [4.78, 5) is 32.2. The predicted octanol–water partition coefficient (Wildman–Crippen LogP) is 3.24. The number of hydrogen-bond donors (Lipinski definition) is 1. The molecule has 0 unspecified atom stereocenters. The van der Waals surface area contributed by atoms with Crippen molar-refractivity contribution in [2.24, 2.45) is 0 Å². The average molecular weight is 367 g/mol. The molecule has 0 radical (unpaired) electrons. The van der Waals surface area contributed by atoms with E-state index in [4.69, 9.17) is 4.74 Å². The smallest absolute Gasteiger partial charge is 0.312 e. The molecule has 0 bridgehead atoms. The van der Waals surface area contributed by atoms with Crippen LogP contribution in [0, 0.1) is 6.92 Å². The minimum atomic E-state index is -0.493. The molecule has 0 atom stereocenters. The molecule has 3 rings (SSSR count). The third-order valence-electron chi connectivity index (χ3n) is 3.49. The highest BCUT2D eigenvalue weighted by atomic mass is 32.1. The second-order valence-corrected chi connectivity index (χ2v) is 6.50. The van der Waals surface area contributed by atoms with E-state index in [9.17, 15) is 9.59 Å². The molecule has 1 aromatic carbocycles. The van der Waals surface area contributed by atoms with Crippen molar-refractivity contribution in [3.05, 3.63) is 65.4 Å². The first kappa shape index (κ1) is 17.8. The molecule has 0 aliphatic heterocycles. The number of aryl methyl sites for hydroxylation is 1. The number of benzene rings is 1. The minimum Gasteiger partial charge on any atom is -0.455 e. The van der Waals surface area contributed by atoms with Crippen LogP contribution in [0.1, 0.15) is 11.3 Å². The Morgan fingerprint density at radius 2 is 2.00 bits per heavy atom. The monoisotopic (exact) mass is 367 g/mol. The molecule has 2 heterocycles. The molecular weight excluding hydrogens is 350 g/mol. The van der Waals surface area contributed by atoms with Crippen molar-refractivity contribution in [1.29, 1.82) is 0 Å². The standard InChI is InChI=1S/C19H17N3O3S/c1-13-4-6-15(7-5-13)21-17(23)11-25-18(24)9-16-12-26-19(22-16)14-3-2-8-20-10-14/h2-8,10,12H,9,11H2,1H3,(H,21,23). The van der Waals surface area contributed by atoms with E-state index in [1.165, 1.54) is 11.3 Å². The van der Waals surface area contributed by atoms with Crippen LogP contribution in [-0.4, -0.2) is 28.5 Å². The van der Waals surface area contributed by atoms with Crippen LogP contribution in [0.2, 0.25) is 0 Å². The van der Waals surface area contributed by atoms with Crippen LogP contribution in [0.3, 0.4) is 0 Å². The average Bonchev–Trinajstić information content (AvgIpc) is 3.11. The molecule has 1 N–H and O–H groups in total. The highest BCUT2D eigenvalue weighted by Crippen LogP contribution is 2.22. The molecule has 0 saturated carbocycles. The van der Waals surface area contributed by atoms with Crippen molar-refractivity contribution in [2.45, 2.75) is 13.3 Å². The van der Waals surface area contributed by atoms with Gasteiger partial charge < -0.3 is 10.1 Å². The zero-order valence-electron chi connectivity index (χ0n) is 14.1. The number of anilines is 1. The number of aromatic nitrogens is 2. The summed E-state index contributed by atoms with van der Waals surface area (Å²) in [5, 5.41) is 5.27. The maximum Gasteiger partial charge on any atom is 0.312 e. The molecule has 0 fully saturated rings. The van der Waals surface area contributed by atoms with Crippen molar-refractivity contribution >= 4 is 28.9 Å². The van der Waals surface area contributed by atoms with Crippen LogP contribution >= 0.6 is 11.3 Å². The van der Waals surface area contributed by atoms with Gasteiger partial charge in [-0.25, -0.2) is 4.98 Å². The van der Waals surface area contributed by atoms with E-state index in [0.717, 1.165) is 16.1 Å². The number of hydrogen-bond acceptors (Lipinski definition) is 6. The Bertz CT molecular complexity index is 892. The van der Waals surface area contributed by atoms with Gasteiger partial charge in [0.1, 0.15) is 5.01 Å². The third kappa shape index (κ3) is 4.97. The van der Waals surface area contributed by atoms with E-state index in [1.54, 1.807) is 29.9 Å². The topological polar surface area (TPSA) is 81.2 Å². The third-order valence-corrected chi connectivity index (χ3v) is 4.43. The largest absolute Gasteiger partial charge is 0.455 e. The van der Waals surface area contributed by atoms with Gasteiger partial charge in [0.05, 0.1) is 12.1 Å². The summed E-state index contributed by atoms with van der Waals surface area (Å²) < 4.78 is 5.02. The fourth-order valence-corrected chi connectivity index (χ4v) is 3.00. The van der Waals surface area contributed by atoms with Gasteiger partial charge in [0.2, 0.25) is 0 Å². The highest BCUT2D eigenvalue weighted by molar-refractivity contribution is 7.13. The van der Waals surface area contributed by atoms with E-state index in [0.29, 0.717) is 11.4 Å². The number of amides is 1. The Kier molecular flexibility index (Phi) is 5.70. The number of carbonyl (C=O) groups is 2. The van der Waals surface area contributed by atoms with Crippen molar-refractivity contribution in [3.8, 4) is 10.6 Å². The Balaban J connectivity index is 1.47. The number of nitrogens with one attached hydrogen (secondary N) is 1. The van der Waals surface area contributed by atoms with Gasteiger partial charge in [-0.1, -0.05) is 17.7 Å². The summed E-state index contributed by atoms with van der Waals surface area (Å²) in [7, 11) is 0. The van der Waals surface area contributed by atoms with Crippen molar-refractivity contribution in [3.63, 3.8) is 0 Å². The number of thiazole rings is 1. The van der Waals surface area contributed by atoms with Gasteiger partial charge in [-0.15, -0.1) is 11.3 Å². The maximum atomic E-state index is 11.9. The number of pyridine rings is 1. The fraction of sp³-hybridized carbons (Fsp3) is 0.158. The second kappa shape index (κ2) is 8.35. The van der Waals surface area contributed by atoms with Crippen LogP contribution in [0.5, 0.6) is 0 Å². The summed E-state index contributed by atoms with van der Waals surface area (Å²) in [5.41, 5.74) is 3.27. The van der Waals surface area contributed by atoms with Gasteiger partial charge in [0, 0.05) is 29.0 Å². The van der Waals surface area contributed by atoms with Crippen LogP contribution in [-0.2, 0) is 20.7 Å². The van der Waals surface area contributed by atoms with Gasteiger partial charge in [-0.3, -0.25) is 14.6 Å². The lowest BCUT2D eigenvalue weighted by molar-refractivity contribution is -0.146. The van der Waals surface area contributed by atoms with Crippen LogP contribution < -0.4 is 5.32 Å². The number of rotatable bonds is 6. The molecule has 0 aliphatic carbocycles. The molecule has 26 heavy (non-hydrogen) atoms. The van der Waals surface area contributed by atoms with Crippen molar-refractivity contribution in [2.75, 3.05) is 11.9 Å².